The minimum atomic E-state index is -3.90. The first kappa shape index (κ1) is 19.2. The second-order valence-electron chi connectivity index (χ2n) is 7.22. The molecule has 0 aliphatic carbocycles. The largest absolute Gasteiger partial charge is 0.459 e. The van der Waals surface area contributed by atoms with Gasteiger partial charge in [-0.15, -0.1) is 0 Å². The lowest BCUT2D eigenvalue weighted by Gasteiger charge is -2.28. The van der Waals surface area contributed by atoms with Crippen LogP contribution in [0.15, 0.2) is 73.3 Å². The molecule has 0 bridgehead atoms. The van der Waals surface area contributed by atoms with Gasteiger partial charge < -0.3 is 13.7 Å². The van der Waals surface area contributed by atoms with Crippen LogP contribution in [0.5, 0.6) is 0 Å². The number of rotatable bonds is 4. The number of hydrogen-bond acceptors (Lipinski definition) is 6. The van der Waals surface area contributed by atoms with Crippen molar-refractivity contribution in [2.45, 2.75) is 17.9 Å². The fourth-order valence-corrected chi connectivity index (χ4v) is 4.74. The molecular formula is C21H17N3O6S. The third-order valence-corrected chi connectivity index (χ3v) is 6.57. The van der Waals surface area contributed by atoms with Crippen LogP contribution >= 0.6 is 0 Å². The van der Waals surface area contributed by atoms with E-state index in [1.54, 1.807) is 29.2 Å². The number of benzene rings is 2. The zero-order valence-electron chi connectivity index (χ0n) is 16.1. The van der Waals surface area contributed by atoms with E-state index in [4.69, 9.17) is 8.83 Å². The van der Waals surface area contributed by atoms with E-state index in [1.165, 1.54) is 24.5 Å². The van der Waals surface area contributed by atoms with E-state index in [9.17, 15) is 18.0 Å². The number of aromatic amines is 1. The summed E-state index contributed by atoms with van der Waals surface area (Å²) >= 11 is 0. The number of nitrogens with zero attached hydrogens (tertiary/aromatic N) is 1. The third kappa shape index (κ3) is 3.61. The number of carbonyl (C=O) groups excluding carboxylic acids is 1. The lowest BCUT2D eigenvalue weighted by Crippen LogP contribution is -2.35. The van der Waals surface area contributed by atoms with Gasteiger partial charge in [0.05, 0.1) is 16.7 Å². The predicted molar refractivity (Wildman–Crippen MR) is 111 cm³/mol. The number of carbonyl (C=O) groups is 1. The highest BCUT2D eigenvalue weighted by Crippen LogP contribution is 2.26. The molecule has 9 nitrogen and oxygen atoms in total. The number of anilines is 1. The number of oxazole rings is 1. The Balaban J connectivity index is 1.39. The molecule has 1 amide bonds. The molecule has 5 rings (SSSR count). The number of H-pyrrole nitrogens is 1. The van der Waals surface area contributed by atoms with Gasteiger partial charge in [-0.25, -0.2) is 13.2 Å². The zero-order valence-corrected chi connectivity index (χ0v) is 16.9. The van der Waals surface area contributed by atoms with Gasteiger partial charge in [-0.2, -0.15) is 0 Å². The normalized spacial score (nSPS) is 13.9. The zero-order chi connectivity index (χ0) is 21.6. The molecular weight excluding hydrogens is 422 g/mol. The molecule has 158 valence electrons. The summed E-state index contributed by atoms with van der Waals surface area (Å²) in [5.74, 6) is -0.585. The maximum Gasteiger partial charge on any atom is 0.417 e. The van der Waals surface area contributed by atoms with Gasteiger partial charge in [0.15, 0.2) is 11.3 Å². The Bertz CT molecular complexity index is 1450. The molecule has 0 unspecified atom stereocenters. The summed E-state index contributed by atoms with van der Waals surface area (Å²) < 4.78 is 38.3. The molecule has 0 fully saturated rings. The van der Waals surface area contributed by atoms with Crippen molar-refractivity contribution in [3.63, 3.8) is 0 Å². The first-order valence-electron chi connectivity index (χ1n) is 9.49. The van der Waals surface area contributed by atoms with Crippen molar-refractivity contribution >= 4 is 32.7 Å². The minimum Gasteiger partial charge on any atom is -0.459 e. The van der Waals surface area contributed by atoms with Gasteiger partial charge in [-0.3, -0.25) is 14.5 Å². The number of amides is 1. The van der Waals surface area contributed by atoms with E-state index in [-0.39, 0.29) is 22.1 Å². The Morgan fingerprint density at radius 1 is 1.10 bits per heavy atom. The lowest BCUT2D eigenvalue weighted by atomic mass is 9.99. The van der Waals surface area contributed by atoms with Crippen molar-refractivity contribution in [3.05, 3.63) is 82.2 Å². The minimum absolute atomic E-state index is 0.00982. The fraction of sp³-hybridized carbons (Fsp3) is 0.143. The monoisotopic (exact) mass is 439 g/mol. The number of aromatic nitrogens is 1. The van der Waals surface area contributed by atoms with Crippen LogP contribution in [-0.4, -0.2) is 30.8 Å². The van der Waals surface area contributed by atoms with Gasteiger partial charge in [0.2, 0.25) is 0 Å². The van der Waals surface area contributed by atoms with Crippen LogP contribution in [-0.2, 0) is 23.0 Å². The highest BCUT2D eigenvalue weighted by Gasteiger charge is 2.24. The van der Waals surface area contributed by atoms with E-state index in [1.807, 2.05) is 6.07 Å². The average Bonchev–Trinajstić information content (AvgIpc) is 3.40. The molecule has 2 N–H and O–H groups in total. The van der Waals surface area contributed by atoms with Gasteiger partial charge in [0.25, 0.3) is 15.9 Å². The number of sulfonamides is 1. The van der Waals surface area contributed by atoms with Crippen LogP contribution in [0.2, 0.25) is 0 Å². The fourth-order valence-electron chi connectivity index (χ4n) is 3.66. The van der Waals surface area contributed by atoms with Crippen LogP contribution in [0.3, 0.4) is 0 Å². The van der Waals surface area contributed by atoms with Crippen LogP contribution in [0.25, 0.3) is 11.1 Å². The molecule has 2 aromatic heterocycles. The van der Waals surface area contributed by atoms with E-state index < -0.39 is 15.8 Å². The number of fused-ring (bicyclic) bond motifs is 2. The van der Waals surface area contributed by atoms with Crippen molar-refractivity contribution < 1.29 is 22.0 Å². The Labute approximate surface area is 176 Å². The molecule has 0 saturated carbocycles. The second kappa shape index (κ2) is 7.17. The van der Waals surface area contributed by atoms with Crippen LogP contribution in [0.4, 0.5) is 5.69 Å². The van der Waals surface area contributed by atoms with E-state index in [2.05, 4.69) is 9.71 Å². The second-order valence-corrected chi connectivity index (χ2v) is 8.90. The summed E-state index contributed by atoms with van der Waals surface area (Å²) in [4.78, 5) is 28.0. The van der Waals surface area contributed by atoms with Crippen molar-refractivity contribution in [2.75, 3.05) is 11.3 Å². The standard InChI is InChI=1S/C21H17N3O6S/c25-20(19-2-1-9-29-19)24-8-7-13-3-4-15(10-14(13)12-24)23-31(27,28)16-5-6-18-17(11-16)22-21(26)30-18/h1-6,9-11,23H,7-8,12H2,(H,22,26). The van der Waals surface area contributed by atoms with Gasteiger partial charge in [0.1, 0.15) is 0 Å². The van der Waals surface area contributed by atoms with Crippen molar-refractivity contribution in [1.29, 1.82) is 0 Å². The summed E-state index contributed by atoms with van der Waals surface area (Å²) in [6.45, 7) is 0.910. The van der Waals surface area contributed by atoms with Crippen LogP contribution in [0, 0.1) is 0 Å². The number of nitrogens with one attached hydrogen (secondary N) is 2. The van der Waals surface area contributed by atoms with Gasteiger partial charge in [-0.05, 0) is 60.0 Å². The van der Waals surface area contributed by atoms with E-state index >= 15 is 0 Å². The highest BCUT2D eigenvalue weighted by atomic mass is 32.2. The summed E-state index contributed by atoms with van der Waals surface area (Å²) in [6.07, 6.45) is 2.12. The summed E-state index contributed by atoms with van der Waals surface area (Å²) in [5.41, 5.74) is 2.88. The molecule has 4 aromatic rings. The molecule has 0 saturated heterocycles. The first-order chi connectivity index (χ1) is 14.9. The van der Waals surface area contributed by atoms with Crippen LogP contribution in [0.1, 0.15) is 21.7 Å². The number of furan rings is 1. The summed E-state index contributed by atoms with van der Waals surface area (Å²) in [5, 5.41) is 0. The SMILES string of the molecule is O=C(c1ccco1)N1CCc2ccc(NS(=O)(=O)c3ccc4oc(=O)[nH]c4c3)cc2C1. The van der Waals surface area contributed by atoms with Crippen molar-refractivity contribution in [3.8, 4) is 0 Å². The molecule has 0 radical (unpaired) electrons. The molecule has 1 aliphatic rings. The Kier molecular flexibility index (Phi) is 4.44. The van der Waals surface area contributed by atoms with Crippen molar-refractivity contribution in [2.24, 2.45) is 0 Å². The molecule has 0 spiro atoms. The molecule has 2 aromatic carbocycles. The van der Waals surface area contributed by atoms with Gasteiger partial charge in [-0.1, -0.05) is 6.07 Å². The Hall–Kier alpha value is -3.79. The molecule has 1 aliphatic heterocycles. The third-order valence-electron chi connectivity index (χ3n) is 5.19. The number of hydrogen-bond donors (Lipinski definition) is 2. The Morgan fingerprint density at radius 3 is 2.77 bits per heavy atom. The molecule has 31 heavy (non-hydrogen) atoms. The van der Waals surface area contributed by atoms with Crippen LogP contribution < -0.4 is 10.5 Å². The summed E-state index contributed by atoms with van der Waals surface area (Å²) in [7, 11) is -3.90. The van der Waals surface area contributed by atoms with E-state index in [0.29, 0.717) is 30.7 Å². The molecule has 3 heterocycles. The van der Waals surface area contributed by atoms with Gasteiger partial charge in [0, 0.05) is 18.8 Å². The smallest absolute Gasteiger partial charge is 0.417 e. The van der Waals surface area contributed by atoms with E-state index in [0.717, 1.165) is 11.1 Å². The molecule has 10 heteroatoms. The summed E-state index contributed by atoms with van der Waals surface area (Å²) in [6, 6.07) is 12.7. The quantitative estimate of drug-likeness (QED) is 0.504. The molecule has 0 atom stereocenters. The predicted octanol–water partition coefficient (Wildman–Crippen LogP) is 2.71. The average molecular weight is 439 g/mol. The topological polar surface area (TPSA) is 126 Å². The maximum absolute atomic E-state index is 12.8. The Morgan fingerprint density at radius 2 is 1.97 bits per heavy atom. The highest BCUT2D eigenvalue weighted by molar-refractivity contribution is 7.92. The van der Waals surface area contributed by atoms with Crippen molar-refractivity contribution in [1.82, 2.24) is 9.88 Å². The van der Waals surface area contributed by atoms with Gasteiger partial charge >= 0.3 is 5.76 Å². The first-order valence-corrected chi connectivity index (χ1v) is 11.0. The lowest BCUT2D eigenvalue weighted by molar-refractivity contribution is 0.0702. The maximum atomic E-state index is 12.8.